The fourth-order valence-corrected chi connectivity index (χ4v) is 3.25. The zero-order valence-corrected chi connectivity index (χ0v) is 16.0. The molecule has 2 heterocycles. The molecule has 1 atom stereocenters. The number of pyridine rings is 1. The number of hydrogen-bond donors (Lipinski definition) is 1. The third-order valence-electron chi connectivity index (χ3n) is 4.72. The lowest BCUT2D eigenvalue weighted by atomic mass is 10.0. The standard InChI is InChI=1S/C21H27N3O3/c1-3-26-20-12-17(21(25)24-11-5-7-18(14-24)22-2)8-9-19(20)27-15-16-6-4-10-23-13-16/h4,6,8-10,12-13,18,22H,3,5,7,11,14-15H2,1-2H3. The Morgan fingerprint density at radius 1 is 1.30 bits per heavy atom. The molecule has 1 amide bonds. The lowest BCUT2D eigenvalue weighted by molar-refractivity contribution is 0.0697. The Bertz CT molecular complexity index is 752. The van der Waals surface area contributed by atoms with Crippen LogP contribution in [0.3, 0.4) is 0 Å². The molecule has 1 N–H and O–H groups in total. The summed E-state index contributed by atoms with van der Waals surface area (Å²) in [5, 5.41) is 3.27. The monoisotopic (exact) mass is 369 g/mol. The van der Waals surface area contributed by atoms with Gasteiger partial charge in [0.25, 0.3) is 5.91 Å². The van der Waals surface area contributed by atoms with E-state index in [0.717, 1.165) is 31.5 Å². The summed E-state index contributed by atoms with van der Waals surface area (Å²) in [4.78, 5) is 18.9. The predicted molar refractivity (Wildman–Crippen MR) is 104 cm³/mol. The van der Waals surface area contributed by atoms with E-state index in [1.165, 1.54) is 0 Å². The van der Waals surface area contributed by atoms with Crippen molar-refractivity contribution in [2.24, 2.45) is 0 Å². The molecule has 0 bridgehead atoms. The first-order valence-electron chi connectivity index (χ1n) is 9.46. The summed E-state index contributed by atoms with van der Waals surface area (Å²) in [6.07, 6.45) is 5.62. The summed E-state index contributed by atoms with van der Waals surface area (Å²) in [5.74, 6) is 1.26. The van der Waals surface area contributed by atoms with E-state index in [2.05, 4.69) is 10.3 Å². The van der Waals surface area contributed by atoms with Crippen molar-refractivity contribution in [2.45, 2.75) is 32.4 Å². The third kappa shape index (κ3) is 4.98. The van der Waals surface area contributed by atoms with E-state index in [4.69, 9.17) is 9.47 Å². The van der Waals surface area contributed by atoms with Crippen molar-refractivity contribution in [2.75, 3.05) is 26.7 Å². The van der Waals surface area contributed by atoms with E-state index in [-0.39, 0.29) is 5.91 Å². The van der Waals surface area contributed by atoms with Gasteiger partial charge in [0.15, 0.2) is 11.5 Å². The summed E-state index contributed by atoms with van der Waals surface area (Å²) in [5.41, 5.74) is 1.61. The Morgan fingerprint density at radius 2 is 2.19 bits per heavy atom. The molecule has 0 saturated carbocycles. The summed E-state index contributed by atoms with van der Waals surface area (Å²) < 4.78 is 11.6. The lowest BCUT2D eigenvalue weighted by Gasteiger charge is -2.32. The number of aromatic nitrogens is 1. The zero-order valence-electron chi connectivity index (χ0n) is 16.0. The Kier molecular flexibility index (Phi) is 6.65. The number of carbonyl (C=O) groups excluding carboxylic acids is 1. The summed E-state index contributed by atoms with van der Waals surface area (Å²) in [7, 11) is 1.94. The van der Waals surface area contributed by atoms with Crippen LogP contribution in [0.25, 0.3) is 0 Å². The van der Waals surface area contributed by atoms with E-state index < -0.39 is 0 Å². The molecule has 1 fully saturated rings. The molecule has 1 saturated heterocycles. The minimum Gasteiger partial charge on any atom is -0.490 e. The highest BCUT2D eigenvalue weighted by Gasteiger charge is 2.24. The summed E-state index contributed by atoms with van der Waals surface area (Å²) in [6.45, 7) is 4.35. The first-order valence-corrected chi connectivity index (χ1v) is 9.46. The second kappa shape index (κ2) is 9.37. The van der Waals surface area contributed by atoms with E-state index in [0.29, 0.717) is 36.3 Å². The van der Waals surface area contributed by atoms with Gasteiger partial charge in [0.1, 0.15) is 6.61 Å². The topological polar surface area (TPSA) is 63.7 Å². The van der Waals surface area contributed by atoms with Crippen LogP contribution in [-0.4, -0.2) is 48.6 Å². The zero-order chi connectivity index (χ0) is 19.1. The largest absolute Gasteiger partial charge is 0.490 e. The Hall–Kier alpha value is -2.60. The molecule has 2 aromatic rings. The molecule has 144 valence electrons. The number of rotatable bonds is 7. The van der Waals surface area contributed by atoms with Crippen LogP contribution in [-0.2, 0) is 6.61 Å². The number of likely N-dealkylation sites (N-methyl/N-ethyl adjacent to an activating group) is 1. The molecule has 3 rings (SSSR count). The van der Waals surface area contributed by atoms with Crippen LogP contribution in [0, 0.1) is 0 Å². The van der Waals surface area contributed by atoms with Gasteiger partial charge in [-0.15, -0.1) is 0 Å². The Morgan fingerprint density at radius 3 is 2.93 bits per heavy atom. The van der Waals surface area contributed by atoms with E-state index in [9.17, 15) is 4.79 Å². The molecule has 1 aliphatic heterocycles. The minimum absolute atomic E-state index is 0.0368. The summed E-state index contributed by atoms with van der Waals surface area (Å²) >= 11 is 0. The highest BCUT2D eigenvalue weighted by molar-refractivity contribution is 5.95. The number of likely N-dealkylation sites (tertiary alicyclic amines) is 1. The molecular weight excluding hydrogens is 342 g/mol. The number of nitrogens with zero attached hydrogens (tertiary/aromatic N) is 2. The molecule has 6 heteroatoms. The highest BCUT2D eigenvalue weighted by atomic mass is 16.5. The Labute approximate surface area is 160 Å². The van der Waals surface area contributed by atoms with Crippen LogP contribution in [0.2, 0.25) is 0 Å². The maximum absolute atomic E-state index is 12.9. The highest BCUT2D eigenvalue weighted by Crippen LogP contribution is 2.30. The number of carbonyl (C=O) groups is 1. The quantitative estimate of drug-likeness (QED) is 0.813. The molecule has 0 aliphatic carbocycles. The first-order chi connectivity index (χ1) is 13.2. The SMILES string of the molecule is CCOc1cc(C(=O)N2CCCC(NC)C2)ccc1OCc1cccnc1. The molecule has 27 heavy (non-hydrogen) atoms. The van der Waals surface area contributed by atoms with Crippen molar-refractivity contribution >= 4 is 5.91 Å². The van der Waals surface area contributed by atoms with Crippen LogP contribution >= 0.6 is 0 Å². The predicted octanol–water partition coefficient (Wildman–Crippen LogP) is 2.88. The van der Waals surface area contributed by atoms with E-state index in [1.807, 2.05) is 43.1 Å². The van der Waals surface area contributed by atoms with Crippen molar-refractivity contribution in [3.8, 4) is 11.5 Å². The van der Waals surface area contributed by atoms with Crippen LogP contribution < -0.4 is 14.8 Å². The van der Waals surface area contributed by atoms with Gasteiger partial charge < -0.3 is 19.7 Å². The van der Waals surface area contributed by atoms with Crippen LogP contribution in [0.1, 0.15) is 35.7 Å². The number of hydrogen-bond acceptors (Lipinski definition) is 5. The normalized spacial score (nSPS) is 16.8. The average Bonchev–Trinajstić information content (AvgIpc) is 2.73. The molecule has 1 aromatic heterocycles. The van der Waals surface area contributed by atoms with Gasteiger partial charge in [-0.25, -0.2) is 0 Å². The maximum Gasteiger partial charge on any atom is 0.254 e. The minimum atomic E-state index is 0.0368. The second-order valence-electron chi connectivity index (χ2n) is 6.62. The van der Waals surface area contributed by atoms with Crippen LogP contribution in [0.4, 0.5) is 0 Å². The van der Waals surface area contributed by atoms with E-state index >= 15 is 0 Å². The van der Waals surface area contributed by atoms with Crippen LogP contribution in [0.5, 0.6) is 11.5 Å². The van der Waals surface area contributed by atoms with Gasteiger partial charge in [-0.2, -0.15) is 0 Å². The fourth-order valence-electron chi connectivity index (χ4n) is 3.25. The van der Waals surface area contributed by atoms with E-state index in [1.54, 1.807) is 18.5 Å². The fraction of sp³-hybridized carbons (Fsp3) is 0.429. The first kappa shape index (κ1) is 19.2. The van der Waals surface area contributed by atoms with Crippen molar-refractivity contribution in [3.05, 3.63) is 53.9 Å². The molecule has 0 spiro atoms. The van der Waals surface area contributed by atoms with Gasteiger partial charge in [-0.1, -0.05) is 6.07 Å². The van der Waals surface area contributed by atoms with Crippen molar-refractivity contribution in [1.29, 1.82) is 0 Å². The number of piperidine rings is 1. The maximum atomic E-state index is 12.9. The van der Waals surface area contributed by atoms with Gasteiger partial charge in [0.2, 0.25) is 0 Å². The Balaban J connectivity index is 1.73. The van der Waals surface area contributed by atoms with Gasteiger partial charge in [-0.05, 0) is 51.1 Å². The molecule has 0 radical (unpaired) electrons. The van der Waals surface area contributed by atoms with Gasteiger partial charge in [0, 0.05) is 42.7 Å². The molecule has 1 aromatic carbocycles. The van der Waals surface area contributed by atoms with Gasteiger partial charge in [0.05, 0.1) is 6.61 Å². The lowest BCUT2D eigenvalue weighted by Crippen LogP contribution is -2.46. The summed E-state index contributed by atoms with van der Waals surface area (Å²) in [6, 6.07) is 9.60. The number of benzene rings is 1. The van der Waals surface area contributed by atoms with Crippen molar-refractivity contribution in [3.63, 3.8) is 0 Å². The second-order valence-corrected chi connectivity index (χ2v) is 6.62. The van der Waals surface area contributed by atoms with Gasteiger partial charge >= 0.3 is 0 Å². The van der Waals surface area contributed by atoms with Gasteiger partial charge in [-0.3, -0.25) is 9.78 Å². The number of nitrogens with one attached hydrogen (secondary N) is 1. The van der Waals surface area contributed by atoms with Crippen LogP contribution in [0.15, 0.2) is 42.7 Å². The average molecular weight is 369 g/mol. The smallest absolute Gasteiger partial charge is 0.254 e. The number of ether oxygens (including phenoxy) is 2. The molecule has 1 unspecified atom stereocenters. The molecule has 6 nitrogen and oxygen atoms in total. The third-order valence-corrected chi connectivity index (χ3v) is 4.72. The molecular formula is C21H27N3O3. The van der Waals surface area contributed by atoms with Crippen molar-refractivity contribution in [1.82, 2.24) is 15.2 Å². The van der Waals surface area contributed by atoms with Crippen molar-refractivity contribution < 1.29 is 14.3 Å². The molecule has 1 aliphatic rings. The number of amides is 1.